The molecule has 0 aliphatic heterocycles. The molecule has 2 aromatic rings. The van der Waals surface area contributed by atoms with Gasteiger partial charge in [-0.05, 0) is 36.6 Å². The van der Waals surface area contributed by atoms with Gasteiger partial charge in [-0.2, -0.15) is 0 Å². The largest absolute Gasteiger partial charge is 0.480 e. The molecule has 114 valence electrons. The van der Waals surface area contributed by atoms with Crippen molar-refractivity contribution in [1.82, 2.24) is 5.32 Å². The van der Waals surface area contributed by atoms with Crippen molar-refractivity contribution >= 4 is 27.8 Å². The molecule has 0 bridgehead atoms. The maximum atomic E-state index is 12.1. The number of halogens is 1. The minimum atomic E-state index is -1.03. The molecule has 0 fully saturated rings. The van der Waals surface area contributed by atoms with E-state index in [0.717, 1.165) is 10.0 Å². The van der Waals surface area contributed by atoms with E-state index >= 15 is 0 Å². The molecular weight excluding hydrogens is 346 g/mol. The summed E-state index contributed by atoms with van der Waals surface area (Å²) < 4.78 is 0.774. The van der Waals surface area contributed by atoms with Gasteiger partial charge in [-0.15, -0.1) is 0 Å². The Morgan fingerprint density at radius 3 is 2.45 bits per heavy atom. The summed E-state index contributed by atoms with van der Waals surface area (Å²) in [5.74, 6) is -1.42. The molecule has 22 heavy (non-hydrogen) atoms. The van der Waals surface area contributed by atoms with Crippen LogP contribution in [0, 0.1) is 0 Å². The highest BCUT2D eigenvalue weighted by Gasteiger charge is 2.20. The number of carboxylic acid groups (broad SMARTS) is 1. The second-order valence-electron chi connectivity index (χ2n) is 4.90. The average Bonchev–Trinajstić information content (AvgIpc) is 2.52. The van der Waals surface area contributed by atoms with Crippen LogP contribution in [0.1, 0.15) is 22.3 Å². The molecule has 2 rings (SSSR count). The second-order valence-corrected chi connectivity index (χ2v) is 5.81. The van der Waals surface area contributed by atoms with E-state index in [9.17, 15) is 14.7 Å². The summed E-state index contributed by atoms with van der Waals surface area (Å²) in [6, 6.07) is 15.5. The van der Waals surface area contributed by atoms with Gasteiger partial charge in [-0.25, -0.2) is 4.79 Å². The van der Waals surface area contributed by atoms with Crippen molar-refractivity contribution < 1.29 is 14.7 Å². The standard InChI is InChI=1S/C17H16BrNO3/c18-14-8-4-7-13(11-14)16(20)19-15(17(21)22)10-9-12-5-2-1-3-6-12/h1-8,11,15H,9-10H2,(H,19,20)(H,21,22)/t15-/m1/s1. The van der Waals surface area contributed by atoms with Gasteiger partial charge in [-0.1, -0.05) is 52.3 Å². The summed E-state index contributed by atoms with van der Waals surface area (Å²) in [4.78, 5) is 23.5. The topological polar surface area (TPSA) is 66.4 Å². The Hall–Kier alpha value is -2.14. The van der Waals surface area contributed by atoms with Crippen LogP contribution in [0.5, 0.6) is 0 Å². The lowest BCUT2D eigenvalue weighted by atomic mass is 10.0. The zero-order valence-electron chi connectivity index (χ0n) is 11.8. The fourth-order valence-corrected chi connectivity index (χ4v) is 2.48. The van der Waals surface area contributed by atoms with Crippen LogP contribution in [0.4, 0.5) is 0 Å². The number of nitrogens with one attached hydrogen (secondary N) is 1. The first kappa shape index (κ1) is 16.2. The van der Waals surface area contributed by atoms with Crippen molar-refractivity contribution in [1.29, 1.82) is 0 Å². The number of aliphatic carboxylic acids is 1. The van der Waals surface area contributed by atoms with E-state index in [2.05, 4.69) is 21.2 Å². The smallest absolute Gasteiger partial charge is 0.326 e. The minimum Gasteiger partial charge on any atom is -0.480 e. The van der Waals surface area contributed by atoms with Crippen LogP contribution in [-0.2, 0) is 11.2 Å². The molecule has 0 aliphatic carbocycles. The van der Waals surface area contributed by atoms with Gasteiger partial charge >= 0.3 is 5.97 Å². The lowest BCUT2D eigenvalue weighted by Crippen LogP contribution is -2.41. The average molecular weight is 362 g/mol. The summed E-state index contributed by atoms with van der Waals surface area (Å²) >= 11 is 3.29. The Morgan fingerprint density at radius 2 is 1.82 bits per heavy atom. The van der Waals surface area contributed by atoms with Gasteiger partial charge in [0, 0.05) is 10.0 Å². The van der Waals surface area contributed by atoms with Gasteiger partial charge in [0.1, 0.15) is 6.04 Å². The quantitative estimate of drug-likeness (QED) is 0.829. The Labute approximate surface area is 137 Å². The zero-order valence-corrected chi connectivity index (χ0v) is 13.4. The lowest BCUT2D eigenvalue weighted by Gasteiger charge is -2.14. The number of carbonyl (C=O) groups is 2. The van der Waals surface area contributed by atoms with E-state index in [1.165, 1.54) is 0 Å². The van der Waals surface area contributed by atoms with E-state index < -0.39 is 12.0 Å². The molecule has 0 aromatic heterocycles. The zero-order chi connectivity index (χ0) is 15.9. The molecule has 0 radical (unpaired) electrons. The van der Waals surface area contributed by atoms with Crippen LogP contribution in [-0.4, -0.2) is 23.0 Å². The molecule has 0 spiro atoms. The maximum absolute atomic E-state index is 12.1. The highest BCUT2D eigenvalue weighted by molar-refractivity contribution is 9.10. The minimum absolute atomic E-state index is 0.346. The summed E-state index contributed by atoms with van der Waals surface area (Å²) in [6.45, 7) is 0. The number of hydrogen-bond donors (Lipinski definition) is 2. The molecule has 0 heterocycles. The first-order valence-corrected chi connectivity index (χ1v) is 7.69. The fraction of sp³-hybridized carbons (Fsp3) is 0.176. The van der Waals surface area contributed by atoms with Crippen molar-refractivity contribution in [2.45, 2.75) is 18.9 Å². The molecule has 0 saturated heterocycles. The van der Waals surface area contributed by atoms with Crippen molar-refractivity contribution in [2.75, 3.05) is 0 Å². The van der Waals surface area contributed by atoms with Gasteiger partial charge in [0.2, 0.25) is 0 Å². The number of aryl methyl sites for hydroxylation is 1. The summed E-state index contributed by atoms with van der Waals surface area (Å²) in [5, 5.41) is 11.8. The highest BCUT2D eigenvalue weighted by Crippen LogP contribution is 2.12. The van der Waals surface area contributed by atoms with Crippen molar-refractivity contribution in [3.63, 3.8) is 0 Å². The summed E-state index contributed by atoms with van der Waals surface area (Å²) in [7, 11) is 0. The molecule has 1 amide bonds. The van der Waals surface area contributed by atoms with Gasteiger partial charge in [-0.3, -0.25) is 4.79 Å². The van der Waals surface area contributed by atoms with E-state index in [0.29, 0.717) is 18.4 Å². The number of rotatable bonds is 6. The van der Waals surface area contributed by atoms with E-state index in [4.69, 9.17) is 0 Å². The Morgan fingerprint density at radius 1 is 1.09 bits per heavy atom. The Kier molecular flexibility index (Phi) is 5.72. The van der Waals surface area contributed by atoms with Gasteiger partial charge in [0.15, 0.2) is 0 Å². The Balaban J connectivity index is 1.99. The van der Waals surface area contributed by atoms with Crippen LogP contribution < -0.4 is 5.32 Å². The third-order valence-corrected chi connectivity index (χ3v) is 3.75. The predicted molar refractivity (Wildman–Crippen MR) is 87.8 cm³/mol. The molecule has 5 heteroatoms. The van der Waals surface area contributed by atoms with E-state index in [-0.39, 0.29) is 5.91 Å². The first-order valence-electron chi connectivity index (χ1n) is 6.89. The molecule has 0 aliphatic rings. The highest BCUT2D eigenvalue weighted by atomic mass is 79.9. The molecular formula is C17H16BrNO3. The number of carbonyl (C=O) groups excluding carboxylic acids is 1. The Bertz CT molecular complexity index is 658. The molecule has 1 atom stereocenters. The number of carboxylic acids is 1. The van der Waals surface area contributed by atoms with Crippen LogP contribution in [0.3, 0.4) is 0 Å². The van der Waals surface area contributed by atoms with Crippen molar-refractivity contribution in [3.05, 3.63) is 70.2 Å². The summed E-state index contributed by atoms with van der Waals surface area (Å²) in [6.07, 6.45) is 0.940. The van der Waals surface area contributed by atoms with Gasteiger partial charge < -0.3 is 10.4 Å². The summed E-state index contributed by atoms with van der Waals surface area (Å²) in [5.41, 5.74) is 1.48. The second kappa shape index (κ2) is 7.75. The normalized spacial score (nSPS) is 11.7. The van der Waals surface area contributed by atoms with Crippen LogP contribution >= 0.6 is 15.9 Å². The third kappa shape index (κ3) is 4.70. The monoisotopic (exact) mass is 361 g/mol. The lowest BCUT2D eigenvalue weighted by molar-refractivity contribution is -0.139. The number of amides is 1. The van der Waals surface area contributed by atoms with Crippen molar-refractivity contribution in [3.8, 4) is 0 Å². The molecule has 2 N–H and O–H groups in total. The molecule has 0 unspecified atom stereocenters. The van der Waals surface area contributed by atoms with Crippen molar-refractivity contribution in [2.24, 2.45) is 0 Å². The van der Waals surface area contributed by atoms with Gasteiger partial charge in [0.05, 0.1) is 0 Å². The van der Waals surface area contributed by atoms with Gasteiger partial charge in [0.25, 0.3) is 5.91 Å². The maximum Gasteiger partial charge on any atom is 0.326 e. The molecule has 4 nitrogen and oxygen atoms in total. The number of hydrogen-bond acceptors (Lipinski definition) is 2. The molecule has 0 saturated carbocycles. The first-order chi connectivity index (χ1) is 10.6. The van der Waals surface area contributed by atoms with Crippen LogP contribution in [0.15, 0.2) is 59.1 Å². The third-order valence-electron chi connectivity index (χ3n) is 3.25. The predicted octanol–water partition coefficient (Wildman–Crippen LogP) is 3.26. The molecule has 2 aromatic carbocycles. The van der Waals surface area contributed by atoms with E-state index in [1.807, 2.05) is 30.3 Å². The fourth-order valence-electron chi connectivity index (χ4n) is 2.08. The van der Waals surface area contributed by atoms with E-state index in [1.54, 1.807) is 24.3 Å². The number of benzene rings is 2. The SMILES string of the molecule is O=C(N[C@H](CCc1ccccc1)C(=O)O)c1cccc(Br)c1. The van der Waals surface area contributed by atoms with Crippen LogP contribution in [0.2, 0.25) is 0 Å². The van der Waals surface area contributed by atoms with Crippen LogP contribution in [0.25, 0.3) is 0 Å².